The lowest BCUT2D eigenvalue weighted by atomic mass is 9.85. The molecule has 3 aromatic rings. The zero-order valence-corrected chi connectivity index (χ0v) is 16.9. The Morgan fingerprint density at radius 2 is 1.76 bits per heavy atom. The van der Waals surface area contributed by atoms with E-state index < -0.39 is 5.97 Å². The first-order valence-electron chi connectivity index (χ1n) is 9.57. The summed E-state index contributed by atoms with van der Waals surface area (Å²) in [7, 11) is 0. The van der Waals surface area contributed by atoms with Gasteiger partial charge in [-0.15, -0.1) is 0 Å². The number of aromatic amines is 1. The monoisotopic (exact) mass is 394 g/mol. The van der Waals surface area contributed by atoms with Crippen molar-refractivity contribution in [3.63, 3.8) is 0 Å². The number of ether oxygens (including phenoxy) is 1. The van der Waals surface area contributed by atoms with Gasteiger partial charge in [0.25, 0.3) is 0 Å². The van der Waals surface area contributed by atoms with Gasteiger partial charge in [0.15, 0.2) is 0 Å². The van der Waals surface area contributed by atoms with E-state index in [1.165, 1.54) is 0 Å². The number of H-pyrrole nitrogens is 1. The third-order valence-corrected chi connectivity index (χ3v) is 4.66. The van der Waals surface area contributed by atoms with Crippen LogP contribution in [-0.4, -0.2) is 39.6 Å². The van der Waals surface area contributed by atoms with E-state index in [0.717, 1.165) is 33.8 Å². The van der Waals surface area contributed by atoms with Gasteiger partial charge in [-0.25, -0.2) is 4.79 Å². The van der Waals surface area contributed by atoms with Gasteiger partial charge in [0.1, 0.15) is 5.75 Å². The van der Waals surface area contributed by atoms with Crippen molar-refractivity contribution in [2.24, 2.45) is 0 Å². The number of carboxylic acids is 1. The van der Waals surface area contributed by atoms with Crippen LogP contribution in [0.1, 0.15) is 43.1 Å². The van der Waals surface area contributed by atoms with Crippen molar-refractivity contribution in [1.29, 1.82) is 0 Å². The molecule has 0 aliphatic rings. The molecule has 6 nitrogen and oxygen atoms in total. The maximum absolute atomic E-state index is 11.0. The Morgan fingerprint density at radius 1 is 1.07 bits per heavy atom. The van der Waals surface area contributed by atoms with Crippen molar-refractivity contribution < 1.29 is 19.7 Å². The average Bonchev–Trinajstić information content (AvgIpc) is 3.18. The molecule has 0 bridgehead atoms. The molecule has 0 amide bonds. The van der Waals surface area contributed by atoms with Gasteiger partial charge in [0.2, 0.25) is 0 Å². The van der Waals surface area contributed by atoms with E-state index in [1.807, 2.05) is 18.2 Å². The Labute approximate surface area is 170 Å². The minimum atomic E-state index is -0.946. The number of carboxylic acid groups (broad SMARTS) is 1. The lowest BCUT2D eigenvalue weighted by Gasteiger charge is -2.23. The normalized spacial score (nSPS) is 11.4. The number of aromatic carboxylic acids is 1. The van der Waals surface area contributed by atoms with Gasteiger partial charge >= 0.3 is 5.97 Å². The van der Waals surface area contributed by atoms with Crippen LogP contribution in [0.5, 0.6) is 5.75 Å². The highest BCUT2D eigenvalue weighted by Gasteiger charge is 2.20. The summed E-state index contributed by atoms with van der Waals surface area (Å²) in [5.41, 5.74) is 4.66. The highest BCUT2D eigenvalue weighted by Crippen LogP contribution is 2.35. The number of aliphatic hydroxyl groups excluding tert-OH is 1. The molecule has 0 aliphatic heterocycles. The summed E-state index contributed by atoms with van der Waals surface area (Å²) in [6.07, 6.45) is 0.592. The number of aliphatic hydroxyl groups is 1. The van der Waals surface area contributed by atoms with Gasteiger partial charge in [-0.1, -0.05) is 32.9 Å². The molecule has 29 heavy (non-hydrogen) atoms. The number of hydrogen-bond donors (Lipinski definition) is 3. The topological polar surface area (TPSA) is 95.4 Å². The zero-order valence-electron chi connectivity index (χ0n) is 16.9. The lowest BCUT2D eigenvalue weighted by molar-refractivity contribution is 0.0697. The van der Waals surface area contributed by atoms with Crippen molar-refractivity contribution in [1.82, 2.24) is 10.2 Å². The second kappa shape index (κ2) is 8.49. The van der Waals surface area contributed by atoms with Gasteiger partial charge in [-0.05, 0) is 47.4 Å². The third-order valence-electron chi connectivity index (χ3n) is 4.66. The SMILES string of the molecule is CC(C)(C)c1cc(-c2cc(-c3ccc(C(=O)O)cc3)[nH]n2)ccc1OCCCO. The van der Waals surface area contributed by atoms with Crippen LogP contribution in [0.15, 0.2) is 48.5 Å². The van der Waals surface area contributed by atoms with Gasteiger partial charge < -0.3 is 14.9 Å². The lowest BCUT2D eigenvalue weighted by Crippen LogP contribution is -2.14. The standard InChI is InChI=1S/C23H26N2O4/c1-23(2,3)18-13-17(9-10-21(18)29-12-4-11-26)20-14-19(24-25-20)15-5-7-16(8-6-15)22(27)28/h5-10,13-14,26H,4,11-12H2,1-3H3,(H,24,25)(H,27,28). The van der Waals surface area contributed by atoms with Crippen LogP contribution < -0.4 is 4.74 Å². The van der Waals surface area contributed by atoms with Crippen LogP contribution in [-0.2, 0) is 5.41 Å². The maximum atomic E-state index is 11.0. The van der Waals surface area contributed by atoms with E-state index in [1.54, 1.807) is 24.3 Å². The molecule has 0 atom stereocenters. The fourth-order valence-corrected chi connectivity index (χ4v) is 3.06. The summed E-state index contributed by atoms with van der Waals surface area (Å²) in [5, 5.41) is 25.5. The van der Waals surface area contributed by atoms with Crippen molar-refractivity contribution in [2.45, 2.75) is 32.6 Å². The number of aromatic nitrogens is 2. The molecule has 3 rings (SSSR count). The van der Waals surface area contributed by atoms with Crippen molar-refractivity contribution >= 4 is 5.97 Å². The Bertz CT molecular complexity index is 985. The number of nitrogens with zero attached hydrogens (tertiary/aromatic N) is 1. The van der Waals surface area contributed by atoms with E-state index in [2.05, 4.69) is 37.0 Å². The van der Waals surface area contributed by atoms with Crippen LogP contribution in [0.3, 0.4) is 0 Å². The number of rotatable bonds is 7. The van der Waals surface area contributed by atoms with Gasteiger partial charge in [-0.3, -0.25) is 5.10 Å². The summed E-state index contributed by atoms with van der Waals surface area (Å²) in [6.45, 7) is 6.96. The largest absolute Gasteiger partial charge is 0.493 e. The average molecular weight is 394 g/mol. The van der Waals surface area contributed by atoms with Crippen LogP contribution in [0.4, 0.5) is 0 Å². The van der Waals surface area contributed by atoms with Gasteiger partial charge in [-0.2, -0.15) is 5.10 Å². The fraction of sp³-hybridized carbons (Fsp3) is 0.304. The molecule has 0 radical (unpaired) electrons. The molecule has 3 N–H and O–H groups in total. The fourth-order valence-electron chi connectivity index (χ4n) is 3.06. The number of benzene rings is 2. The molecular weight excluding hydrogens is 368 g/mol. The van der Waals surface area contributed by atoms with E-state index in [4.69, 9.17) is 14.9 Å². The van der Waals surface area contributed by atoms with Crippen LogP contribution in [0, 0.1) is 0 Å². The molecule has 0 aliphatic carbocycles. The summed E-state index contributed by atoms with van der Waals surface area (Å²) in [5.74, 6) is -0.132. The predicted octanol–water partition coefficient (Wildman–Crippen LogP) is 4.50. The number of nitrogens with one attached hydrogen (secondary N) is 1. The van der Waals surface area contributed by atoms with Crippen LogP contribution in [0.2, 0.25) is 0 Å². The molecule has 152 valence electrons. The molecule has 0 unspecified atom stereocenters. The zero-order chi connectivity index (χ0) is 21.0. The second-order valence-electron chi connectivity index (χ2n) is 7.94. The predicted molar refractivity (Wildman–Crippen MR) is 112 cm³/mol. The van der Waals surface area contributed by atoms with Crippen LogP contribution in [0.25, 0.3) is 22.5 Å². The van der Waals surface area contributed by atoms with E-state index in [0.29, 0.717) is 13.0 Å². The number of hydrogen-bond acceptors (Lipinski definition) is 4. The van der Waals surface area contributed by atoms with Crippen molar-refractivity contribution in [2.75, 3.05) is 13.2 Å². The summed E-state index contributed by atoms with van der Waals surface area (Å²) in [6, 6.07) is 14.6. The highest BCUT2D eigenvalue weighted by atomic mass is 16.5. The molecule has 0 fully saturated rings. The van der Waals surface area contributed by atoms with Gasteiger partial charge in [0.05, 0.1) is 23.6 Å². The highest BCUT2D eigenvalue weighted by molar-refractivity contribution is 5.88. The Hall–Kier alpha value is -3.12. The summed E-state index contributed by atoms with van der Waals surface area (Å²) >= 11 is 0. The van der Waals surface area contributed by atoms with E-state index >= 15 is 0 Å². The molecule has 1 heterocycles. The smallest absolute Gasteiger partial charge is 0.335 e. The Morgan fingerprint density at radius 3 is 2.38 bits per heavy atom. The molecule has 0 spiro atoms. The third kappa shape index (κ3) is 4.84. The molecular formula is C23H26N2O4. The minimum Gasteiger partial charge on any atom is -0.493 e. The second-order valence-corrected chi connectivity index (χ2v) is 7.94. The molecule has 0 saturated carbocycles. The van der Waals surface area contributed by atoms with Crippen LogP contribution >= 0.6 is 0 Å². The molecule has 0 saturated heterocycles. The maximum Gasteiger partial charge on any atom is 0.335 e. The first kappa shape index (κ1) is 20.6. The van der Waals surface area contributed by atoms with E-state index in [-0.39, 0.29) is 17.6 Å². The first-order chi connectivity index (χ1) is 13.8. The van der Waals surface area contributed by atoms with Crippen molar-refractivity contribution in [3.05, 3.63) is 59.7 Å². The molecule has 6 heteroatoms. The Balaban J connectivity index is 1.90. The Kier molecular flexibility index (Phi) is 6.03. The van der Waals surface area contributed by atoms with E-state index in [9.17, 15) is 4.79 Å². The number of carbonyl (C=O) groups is 1. The van der Waals surface area contributed by atoms with Crippen molar-refractivity contribution in [3.8, 4) is 28.3 Å². The van der Waals surface area contributed by atoms with Gasteiger partial charge in [0, 0.05) is 24.2 Å². The molecule has 2 aromatic carbocycles. The first-order valence-corrected chi connectivity index (χ1v) is 9.57. The quantitative estimate of drug-likeness (QED) is 0.513. The summed E-state index contributed by atoms with van der Waals surface area (Å²) < 4.78 is 5.86. The molecule has 1 aromatic heterocycles. The summed E-state index contributed by atoms with van der Waals surface area (Å²) in [4.78, 5) is 11.0. The minimum absolute atomic E-state index is 0.104.